The molecule has 1 rings (SSSR count). The predicted molar refractivity (Wildman–Crippen MR) is 60.9 cm³/mol. The van der Waals surface area contributed by atoms with Crippen molar-refractivity contribution in [2.45, 2.75) is 31.8 Å². The van der Waals surface area contributed by atoms with E-state index in [0.717, 1.165) is 0 Å². The number of ketones is 1. The van der Waals surface area contributed by atoms with Gasteiger partial charge in [-0.2, -0.15) is 0 Å². The van der Waals surface area contributed by atoms with Crippen LogP contribution in [-0.4, -0.2) is 42.1 Å². The van der Waals surface area contributed by atoms with Crippen LogP contribution in [0.3, 0.4) is 0 Å². The maximum absolute atomic E-state index is 11.4. The van der Waals surface area contributed by atoms with Gasteiger partial charge in [-0.15, -0.1) is 0 Å². The quantitative estimate of drug-likeness (QED) is 0.371. The molecule has 0 amide bonds. The maximum Gasteiger partial charge on any atom is 0.333 e. The molecule has 1 heterocycles. The van der Waals surface area contributed by atoms with Crippen LogP contribution in [0.1, 0.15) is 25.7 Å². The predicted octanol–water partition coefficient (Wildman–Crippen LogP) is 0.699. The zero-order chi connectivity index (χ0) is 13.5. The Hall–Kier alpha value is -1.69. The first kappa shape index (κ1) is 14.4. The molecule has 0 radical (unpaired) electrons. The number of Topliss-reactive ketones (excluding diaryl/α,β-unsaturated/α-hetero) is 1. The van der Waals surface area contributed by atoms with Crippen LogP contribution in [0.15, 0.2) is 12.2 Å². The molecule has 0 bridgehead atoms. The molecule has 1 atom stereocenters. The van der Waals surface area contributed by atoms with Crippen molar-refractivity contribution < 1.29 is 29.0 Å². The normalized spacial score (nSPS) is 17.0. The Kier molecular flexibility index (Phi) is 5.51. The summed E-state index contributed by atoms with van der Waals surface area (Å²) in [5.41, 5.74) is 0.222. The lowest BCUT2D eigenvalue weighted by Gasteiger charge is -2.05. The first-order valence-electron chi connectivity index (χ1n) is 5.69. The van der Waals surface area contributed by atoms with Gasteiger partial charge in [0.25, 0.3) is 0 Å². The Morgan fingerprint density at radius 2 is 1.83 bits per heavy atom. The minimum absolute atomic E-state index is 0.000974. The lowest BCUT2D eigenvalue weighted by Crippen LogP contribution is -2.12. The van der Waals surface area contributed by atoms with Gasteiger partial charge in [0.2, 0.25) is 0 Å². The van der Waals surface area contributed by atoms with Crippen molar-refractivity contribution in [3.05, 3.63) is 12.2 Å². The van der Waals surface area contributed by atoms with Crippen molar-refractivity contribution in [2.24, 2.45) is 0 Å². The highest BCUT2D eigenvalue weighted by atomic mass is 16.6. The number of epoxide rings is 1. The number of carboxylic acid groups (broad SMARTS) is 1. The molecule has 0 aromatic heterocycles. The molecule has 0 aromatic carbocycles. The molecule has 0 spiro atoms. The Labute approximate surface area is 105 Å². The number of aliphatic carboxylic acids is 1. The summed E-state index contributed by atoms with van der Waals surface area (Å²) in [6, 6.07) is 0. The van der Waals surface area contributed by atoms with E-state index in [0.29, 0.717) is 6.61 Å². The molecule has 0 aliphatic carbocycles. The maximum atomic E-state index is 11.4. The van der Waals surface area contributed by atoms with Crippen molar-refractivity contribution in [1.82, 2.24) is 0 Å². The fraction of sp³-hybridized carbons (Fsp3) is 0.583. The van der Waals surface area contributed by atoms with Crippen LogP contribution < -0.4 is 0 Å². The van der Waals surface area contributed by atoms with Gasteiger partial charge in [-0.25, -0.2) is 4.79 Å². The van der Waals surface area contributed by atoms with Crippen LogP contribution in [0.5, 0.6) is 0 Å². The van der Waals surface area contributed by atoms with Gasteiger partial charge in [-0.1, -0.05) is 6.58 Å². The van der Waals surface area contributed by atoms with E-state index in [1.54, 1.807) is 0 Å². The van der Waals surface area contributed by atoms with Gasteiger partial charge in [0.1, 0.15) is 18.5 Å². The molecular weight excluding hydrogens is 240 g/mol. The van der Waals surface area contributed by atoms with Crippen molar-refractivity contribution >= 4 is 17.7 Å². The van der Waals surface area contributed by atoms with E-state index in [1.807, 2.05) is 0 Å². The molecule has 100 valence electrons. The summed E-state index contributed by atoms with van der Waals surface area (Å²) >= 11 is 0. The Morgan fingerprint density at radius 1 is 1.22 bits per heavy atom. The molecule has 1 unspecified atom stereocenters. The molecule has 0 aromatic rings. The molecule has 1 fully saturated rings. The third kappa shape index (κ3) is 6.15. The average molecular weight is 256 g/mol. The topological polar surface area (TPSA) is 93.2 Å². The Balaban J connectivity index is 2.12. The van der Waals surface area contributed by atoms with E-state index < -0.39 is 11.9 Å². The lowest BCUT2D eigenvalue weighted by atomic mass is 10.1. The van der Waals surface area contributed by atoms with Gasteiger partial charge in [-0.3, -0.25) is 9.59 Å². The SMILES string of the molecule is C=C(CCC(=O)CCC(=O)O)C(=O)OCC1CO1. The van der Waals surface area contributed by atoms with Gasteiger partial charge in [-0.05, 0) is 6.42 Å². The summed E-state index contributed by atoms with van der Waals surface area (Å²) in [6.07, 6.45) is 0.102. The van der Waals surface area contributed by atoms with E-state index in [9.17, 15) is 14.4 Å². The van der Waals surface area contributed by atoms with Crippen LogP contribution in [0.25, 0.3) is 0 Å². The van der Waals surface area contributed by atoms with Gasteiger partial charge >= 0.3 is 11.9 Å². The van der Waals surface area contributed by atoms with E-state index >= 15 is 0 Å². The third-order valence-corrected chi connectivity index (χ3v) is 2.41. The molecule has 1 N–H and O–H groups in total. The van der Waals surface area contributed by atoms with E-state index in [-0.39, 0.29) is 49.8 Å². The fourth-order valence-electron chi connectivity index (χ4n) is 1.20. The number of carboxylic acids is 1. The smallest absolute Gasteiger partial charge is 0.333 e. The number of hydrogen-bond acceptors (Lipinski definition) is 5. The van der Waals surface area contributed by atoms with Crippen molar-refractivity contribution in [3.63, 3.8) is 0 Å². The summed E-state index contributed by atoms with van der Waals surface area (Å²) in [4.78, 5) is 32.9. The number of ether oxygens (including phenoxy) is 2. The summed E-state index contributed by atoms with van der Waals surface area (Å²) in [6.45, 7) is 4.35. The van der Waals surface area contributed by atoms with E-state index in [2.05, 4.69) is 6.58 Å². The molecule has 6 nitrogen and oxygen atoms in total. The standard InChI is InChI=1S/C12H16O6/c1-8(12(16)18-7-10-6-17-10)2-3-9(13)4-5-11(14)15/h10H,1-7H2,(H,14,15). The van der Waals surface area contributed by atoms with Gasteiger partial charge in [0.15, 0.2) is 0 Å². The summed E-state index contributed by atoms with van der Waals surface area (Å²) < 4.78 is 9.76. The zero-order valence-corrected chi connectivity index (χ0v) is 10.0. The molecule has 18 heavy (non-hydrogen) atoms. The Morgan fingerprint density at radius 3 is 2.39 bits per heavy atom. The summed E-state index contributed by atoms with van der Waals surface area (Å²) in [5.74, 6) is -1.74. The number of carbonyl (C=O) groups excluding carboxylic acids is 2. The first-order valence-corrected chi connectivity index (χ1v) is 5.69. The summed E-state index contributed by atoms with van der Waals surface area (Å²) in [5, 5.41) is 8.40. The Bertz CT molecular complexity index is 356. The first-order chi connectivity index (χ1) is 8.49. The van der Waals surface area contributed by atoms with Crippen LogP contribution >= 0.6 is 0 Å². The second-order valence-electron chi connectivity index (χ2n) is 4.09. The van der Waals surface area contributed by atoms with Gasteiger partial charge < -0.3 is 14.6 Å². The van der Waals surface area contributed by atoms with Crippen LogP contribution in [-0.2, 0) is 23.9 Å². The second kappa shape index (κ2) is 6.90. The van der Waals surface area contributed by atoms with Crippen LogP contribution in [0, 0.1) is 0 Å². The second-order valence-corrected chi connectivity index (χ2v) is 4.09. The highest BCUT2D eigenvalue weighted by Gasteiger charge is 2.24. The van der Waals surface area contributed by atoms with Gasteiger partial charge in [0, 0.05) is 18.4 Å². The zero-order valence-electron chi connectivity index (χ0n) is 10.0. The molecule has 1 saturated heterocycles. The van der Waals surface area contributed by atoms with Crippen molar-refractivity contribution in [3.8, 4) is 0 Å². The summed E-state index contributed by atoms with van der Waals surface area (Å²) in [7, 11) is 0. The van der Waals surface area contributed by atoms with E-state index in [1.165, 1.54) is 0 Å². The van der Waals surface area contributed by atoms with Crippen LogP contribution in [0.4, 0.5) is 0 Å². The van der Waals surface area contributed by atoms with Gasteiger partial charge in [0.05, 0.1) is 13.0 Å². The van der Waals surface area contributed by atoms with Crippen molar-refractivity contribution in [1.29, 1.82) is 0 Å². The fourth-order valence-corrected chi connectivity index (χ4v) is 1.20. The molecular formula is C12H16O6. The van der Waals surface area contributed by atoms with Crippen molar-refractivity contribution in [2.75, 3.05) is 13.2 Å². The third-order valence-electron chi connectivity index (χ3n) is 2.41. The molecule has 6 heteroatoms. The minimum atomic E-state index is -1.01. The molecule has 1 aliphatic heterocycles. The van der Waals surface area contributed by atoms with Crippen LogP contribution in [0.2, 0.25) is 0 Å². The average Bonchev–Trinajstić information content (AvgIpc) is 3.14. The molecule has 0 saturated carbocycles. The lowest BCUT2D eigenvalue weighted by molar-refractivity contribution is -0.140. The number of rotatable bonds is 9. The van der Waals surface area contributed by atoms with E-state index in [4.69, 9.17) is 14.6 Å². The number of hydrogen-bond donors (Lipinski definition) is 1. The molecule has 1 aliphatic rings. The largest absolute Gasteiger partial charge is 0.481 e. The number of esters is 1. The highest BCUT2D eigenvalue weighted by Crippen LogP contribution is 2.12. The number of carbonyl (C=O) groups is 3. The monoisotopic (exact) mass is 256 g/mol. The highest BCUT2D eigenvalue weighted by molar-refractivity contribution is 5.89. The minimum Gasteiger partial charge on any atom is -0.481 e.